The third kappa shape index (κ3) is 3.10. The molecule has 2 rings (SSSR count). The van der Waals surface area contributed by atoms with Crippen molar-refractivity contribution in [3.63, 3.8) is 0 Å². The summed E-state index contributed by atoms with van der Waals surface area (Å²) in [6.45, 7) is 5.43. The molecule has 0 aromatic heterocycles. The minimum atomic E-state index is -0.636. The first-order chi connectivity index (χ1) is 8.78. The highest BCUT2D eigenvalue weighted by Gasteiger charge is 2.31. The van der Waals surface area contributed by atoms with Crippen LogP contribution in [0, 0.1) is 11.6 Å². The van der Waals surface area contributed by atoms with Gasteiger partial charge in [0.15, 0.2) is 0 Å². The minimum Gasteiger partial charge on any atom is -0.459 e. The second kappa shape index (κ2) is 4.89. The average molecular weight is 269 g/mol. The largest absolute Gasteiger partial charge is 0.459 e. The fraction of sp³-hybridized carbons (Fsp3) is 0.500. The van der Waals surface area contributed by atoms with Gasteiger partial charge >= 0.3 is 5.97 Å². The van der Waals surface area contributed by atoms with Gasteiger partial charge in [-0.2, -0.15) is 0 Å². The highest BCUT2D eigenvalue weighted by atomic mass is 19.1. The van der Waals surface area contributed by atoms with Crippen molar-refractivity contribution in [1.29, 1.82) is 0 Å². The Morgan fingerprint density at radius 1 is 1.26 bits per heavy atom. The molecule has 1 heterocycles. The van der Waals surface area contributed by atoms with Crippen molar-refractivity contribution in [3.05, 3.63) is 34.9 Å². The van der Waals surface area contributed by atoms with Gasteiger partial charge in [0, 0.05) is 18.5 Å². The Labute approximate surface area is 111 Å². The Hall–Kier alpha value is -1.49. The van der Waals surface area contributed by atoms with Gasteiger partial charge in [0.2, 0.25) is 0 Å². The summed E-state index contributed by atoms with van der Waals surface area (Å²) in [5, 5.41) is 2.88. The summed E-state index contributed by atoms with van der Waals surface area (Å²) in [5.41, 5.74) is -0.0473. The topological polar surface area (TPSA) is 38.3 Å². The Kier molecular flexibility index (Phi) is 3.58. The van der Waals surface area contributed by atoms with E-state index in [1.165, 1.54) is 0 Å². The second-order valence-electron chi connectivity index (χ2n) is 5.66. The summed E-state index contributed by atoms with van der Waals surface area (Å²) < 4.78 is 32.5. The van der Waals surface area contributed by atoms with Crippen molar-refractivity contribution < 1.29 is 18.3 Å². The predicted molar refractivity (Wildman–Crippen MR) is 66.5 cm³/mol. The van der Waals surface area contributed by atoms with E-state index in [-0.39, 0.29) is 18.5 Å². The van der Waals surface area contributed by atoms with Gasteiger partial charge in [-0.1, -0.05) is 0 Å². The van der Waals surface area contributed by atoms with Gasteiger partial charge in [-0.15, -0.1) is 0 Å². The van der Waals surface area contributed by atoms with E-state index in [1.54, 1.807) is 20.8 Å². The molecular formula is C14H17F2NO2. The van der Waals surface area contributed by atoms with Crippen molar-refractivity contribution in [1.82, 2.24) is 5.32 Å². The zero-order chi connectivity index (χ0) is 14.2. The van der Waals surface area contributed by atoms with Gasteiger partial charge in [0.25, 0.3) is 0 Å². The summed E-state index contributed by atoms with van der Waals surface area (Å²) in [6, 6.07) is 1.55. The monoisotopic (exact) mass is 269 g/mol. The van der Waals surface area contributed by atoms with Crippen molar-refractivity contribution >= 4 is 5.97 Å². The minimum absolute atomic E-state index is 0.105. The molecule has 1 aromatic rings. The molecule has 0 amide bonds. The Morgan fingerprint density at radius 2 is 1.84 bits per heavy atom. The van der Waals surface area contributed by atoms with Crippen molar-refractivity contribution in [2.24, 2.45) is 0 Å². The van der Waals surface area contributed by atoms with Crippen LogP contribution in [0.1, 0.15) is 31.9 Å². The molecule has 1 aliphatic heterocycles. The number of esters is 1. The quantitative estimate of drug-likeness (QED) is 0.795. The maximum atomic E-state index is 13.7. The number of rotatable bonds is 1. The van der Waals surface area contributed by atoms with Gasteiger partial charge in [-0.3, -0.25) is 10.1 Å². The van der Waals surface area contributed by atoms with E-state index in [2.05, 4.69) is 5.32 Å². The highest BCUT2D eigenvalue weighted by Crippen LogP contribution is 2.24. The summed E-state index contributed by atoms with van der Waals surface area (Å²) in [6.07, 6.45) is 0.105. The fourth-order valence-corrected chi connectivity index (χ4v) is 2.09. The van der Waals surface area contributed by atoms with Crippen LogP contribution in [0.4, 0.5) is 8.78 Å². The molecule has 1 unspecified atom stereocenters. The first-order valence-electron chi connectivity index (χ1n) is 6.20. The van der Waals surface area contributed by atoms with Crippen LogP contribution in [-0.4, -0.2) is 17.6 Å². The normalized spacial score (nSPS) is 18.9. The van der Waals surface area contributed by atoms with E-state index in [0.717, 1.165) is 12.1 Å². The van der Waals surface area contributed by atoms with Gasteiger partial charge in [-0.25, -0.2) is 8.78 Å². The lowest BCUT2D eigenvalue weighted by Gasteiger charge is -2.28. The molecule has 0 aliphatic carbocycles. The number of carbonyl (C=O) groups excluding carboxylic acids is 1. The number of benzene rings is 1. The molecular weight excluding hydrogens is 252 g/mol. The Morgan fingerprint density at radius 3 is 2.42 bits per heavy atom. The molecule has 1 N–H and O–H groups in total. The summed E-state index contributed by atoms with van der Waals surface area (Å²) in [4.78, 5) is 11.9. The van der Waals surface area contributed by atoms with E-state index in [4.69, 9.17) is 4.74 Å². The number of hydrogen-bond donors (Lipinski definition) is 1. The van der Waals surface area contributed by atoms with Crippen LogP contribution in [0.3, 0.4) is 0 Å². The number of halogens is 2. The van der Waals surface area contributed by atoms with E-state index < -0.39 is 29.2 Å². The molecule has 1 atom stereocenters. The van der Waals surface area contributed by atoms with Crippen LogP contribution in [0.5, 0.6) is 0 Å². The molecule has 19 heavy (non-hydrogen) atoms. The number of hydrogen-bond acceptors (Lipinski definition) is 3. The zero-order valence-electron chi connectivity index (χ0n) is 11.2. The molecule has 1 aliphatic rings. The van der Waals surface area contributed by atoms with E-state index in [0.29, 0.717) is 5.56 Å². The van der Waals surface area contributed by atoms with Crippen LogP contribution >= 0.6 is 0 Å². The van der Waals surface area contributed by atoms with E-state index >= 15 is 0 Å². The van der Waals surface area contributed by atoms with Crippen molar-refractivity contribution in [3.8, 4) is 0 Å². The van der Waals surface area contributed by atoms with Gasteiger partial charge in [0.1, 0.15) is 23.3 Å². The molecule has 0 bridgehead atoms. The molecule has 0 spiro atoms. The molecule has 1 aromatic carbocycles. The molecule has 0 saturated heterocycles. The first kappa shape index (κ1) is 13.9. The third-order valence-electron chi connectivity index (χ3n) is 2.94. The molecule has 0 fully saturated rings. The average Bonchev–Trinajstić information content (AvgIpc) is 2.31. The number of nitrogens with one attached hydrogen (secondary N) is 1. The fourth-order valence-electron chi connectivity index (χ4n) is 2.09. The molecule has 104 valence electrons. The third-order valence-corrected chi connectivity index (χ3v) is 2.94. The zero-order valence-corrected chi connectivity index (χ0v) is 11.2. The Balaban J connectivity index is 2.18. The highest BCUT2D eigenvalue weighted by molar-refractivity contribution is 5.77. The lowest BCUT2D eigenvalue weighted by atomic mass is 9.94. The van der Waals surface area contributed by atoms with Crippen molar-refractivity contribution in [2.45, 2.75) is 45.4 Å². The molecule has 5 heteroatoms. The van der Waals surface area contributed by atoms with Crippen LogP contribution in [0.25, 0.3) is 0 Å². The van der Waals surface area contributed by atoms with Crippen LogP contribution < -0.4 is 5.32 Å². The standard InChI is InChI=1S/C14H17F2NO2/c1-14(2,3)19-13(18)12-6-8-9(7-17-12)11(16)5-4-10(8)15/h4-5,12,17H,6-7H2,1-3H3. The number of carbonyl (C=O) groups is 1. The van der Waals surface area contributed by atoms with E-state index in [1.807, 2.05) is 0 Å². The molecule has 0 saturated carbocycles. The summed E-state index contributed by atoms with van der Waals surface area (Å²) in [7, 11) is 0. The number of fused-ring (bicyclic) bond motifs is 1. The second-order valence-corrected chi connectivity index (χ2v) is 5.66. The molecule has 0 radical (unpaired) electrons. The molecule has 3 nitrogen and oxygen atoms in total. The predicted octanol–water partition coefficient (Wildman–Crippen LogP) is 2.32. The van der Waals surface area contributed by atoms with Crippen LogP contribution in [-0.2, 0) is 22.5 Å². The Bertz CT molecular complexity index is 509. The summed E-state index contributed by atoms with van der Waals surface area (Å²) >= 11 is 0. The van der Waals surface area contributed by atoms with Gasteiger partial charge in [0.05, 0.1) is 0 Å². The maximum absolute atomic E-state index is 13.7. The van der Waals surface area contributed by atoms with Crippen molar-refractivity contribution in [2.75, 3.05) is 0 Å². The van der Waals surface area contributed by atoms with Gasteiger partial charge in [-0.05, 0) is 38.5 Å². The van der Waals surface area contributed by atoms with Gasteiger partial charge < -0.3 is 4.74 Å². The number of ether oxygens (including phenoxy) is 1. The smallest absolute Gasteiger partial charge is 0.324 e. The summed E-state index contributed by atoms with van der Waals surface area (Å²) in [5.74, 6) is -1.38. The van der Waals surface area contributed by atoms with Crippen LogP contribution in [0.15, 0.2) is 12.1 Å². The SMILES string of the molecule is CC(C)(C)OC(=O)C1Cc2c(F)ccc(F)c2CN1. The van der Waals surface area contributed by atoms with Crippen LogP contribution in [0.2, 0.25) is 0 Å². The maximum Gasteiger partial charge on any atom is 0.324 e. The lowest BCUT2D eigenvalue weighted by molar-refractivity contribution is -0.157. The van der Waals surface area contributed by atoms with E-state index in [9.17, 15) is 13.6 Å². The lowest BCUT2D eigenvalue weighted by Crippen LogP contribution is -2.45. The first-order valence-corrected chi connectivity index (χ1v) is 6.20.